The van der Waals surface area contributed by atoms with E-state index in [0.29, 0.717) is 36.8 Å². The Morgan fingerprint density at radius 3 is 1.98 bits per heavy atom. The standard InChI is InChI=1S/C29H35N3O6S2/c1-3-38-26-14-18-28(19-15-26)40(36,37)32(25-12-8-23(2)9-13-25)22-29(33)30-24-10-16-27(17-11-24)39(34,35)31-20-6-4-5-7-21-31/h8-19H,3-7,20-22H2,1-2H3,(H,30,33). The summed E-state index contributed by atoms with van der Waals surface area (Å²) < 4.78 is 61.4. The average Bonchev–Trinajstić information content (AvgIpc) is 3.24. The second-order valence-corrected chi connectivity index (χ2v) is 13.4. The molecule has 3 aromatic carbocycles. The van der Waals surface area contributed by atoms with Gasteiger partial charge in [0.25, 0.3) is 10.0 Å². The summed E-state index contributed by atoms with van der Waals surface area (Å²) in [5.41, 5.74) is 1.65. The Morgan fingerprint density at radius 2 is 1.40 bits per heavy atom. The number of carbonyl (C=O) groups is 1. The molecule has 9 nitrogen and oxygen atoms in total. The van der Waals surface area contributed by atoms with Gasteiger partial charge in [-0.15, -0.1) is 0 Å². The van der Waals surface area contributed by atoms with Crippen molar-refractivity contribution in [3.63, 3.8) is 0 Å². The minimum atomic E-state index is -4.10. The molecule has 3 aromatic rings. The topological polar surface area (TPSA) is 113 Å². The van der Waals surface area contributed by atoms with Crippen molar-refractivity contribution in [2.24, 2.45) is 0 Å². The Labute approximate surface area is 236 Å². The molecule has 0 unspecified atom stereocenters. The molecule has 0 bridgehead atoms. The second kappa shape index (κ2) is 12.8. The maximum atomic E-state index is 13.6. The van der Waals surface area contributed by atoms with Gasteiger partial charge in [0, 0.05) is 18.8 Å². The van der Waals surface area contributed by atoms with Gasteiger partial charge in [-0.1, -0.05) is 30.5 Å². The average molecular weight is 586 g/mol. The first-order valence-electron chi connectivity index (χ1n) is 13.3. The van der Waals surface area contributed by atoms with Crippen LogP contribution in [-0.2, 0) is 24.8 Å². The smallest absolute Gasteiger partial charge is 0.264 e. The molecule has 1 fully saturated rings. The SMILES string of the molecule is CCOc1ccc(S(=O)(=O)N(CC(=O)Nc2ccc(S(=O)(=O)N3CCCCCC3)cc2)c2ccc(C)cc2)cc1. The van der Waals surface area contributed by atoms with E-state index in [1.807, 2.05) is 13.8 Å². The molecule has 11 heteroatoms. The van der Waals surface area contributed by atoms with Crippen molar-refractivity contribution in [3.8, 4) is 5.75 Å². The summed E-state index contributed by atoms with van der Waals surface area (Å²) in [4.78, 5) is 13.3. The fourth-order valence-electron chi connectivity index (χ4n) is 4.50. The first kappa shape index (κ1) is 29.6. The van der Waals surface area contributed by atoms with Gasteiger partial charge in [0.2, 0.25) is 15.9 Å². The number of benzene rings is 3. The van der Waals surface area contributed by atoms with E-state index in [0.717, 1.165) is 35.6 Å². The zero-order valence-electron chi connectivity index (χ0n) is 22.7. The fraction of sp³-hybridized carbons (Fsp3) is 0.345. The van der Waals surface area contributed by atoms with E-state index in [2.05, 4.69) is 5.32 Å². The number of nitrogens with one attached hydrogen (secondary N) is 1. The Morgan fingerprint density at radius 1 is 0.825 bits per heavy atom. The van der Waals surface area contributed by atoms with E-state index in [-0.39, 0.29) is 9.79 Å². The van der Waals surface area contributed by atoms with Gasteiger partial charge >= 0.3 is 0 Å². The van der Waals surface area contributed by atoms with Gasteiger partial charge < -0.3 is 10.1 Å². The summed E-state index contributed by atoms with van der Waals surface area (Å²) in [5, 5.41) is 2.70. The van der Waals surface area contributed by atoms with Gasteiger partial charge in [-0.2, -0.15) is 4.31 Å². The first-order chi connectivity index (χ1) is 19.1. The van der Waals surface area contributed by atoms with Crippen LogP contribution in [0, 0.1) is 6.92 Å². The number of carbonyl (C=O) groups excluding carboxylic acids is 1. The van der Waals surface area contributed by atoms with Crippen molar-refractivity contribution in [1.29, 1.82) is 0 Å². The molecule has 1 aliphatic heterocycles. The predicted molar refractivity (Wildman–Crippen MR) is 156 cm³/mol. The summed E-state index contributed by atoms with van der Waals surface area (Å²) in [6.45, 7) is 4.69. The van der Waals surface area contributed by atoms with E-state index in [1.165, 1.54) is 40.7 Å². The minimum absolute atomic E-state index is 0.0207. The molecular weight excluding hydrogens is 550 g/mol. The van der Waals surface area contributed by atoms with Crippen LogP contribution in [0.1, 0.15) is 38.2 Å². The Kier molecular flexibility index (Phi) is 9.49. The monoisotopic (exact) mass is 585 g/mol. The van der Waals surface area contributed by atoms with E-state index in [4.69, 9.17) is 4.74 Å². The molecule has 0 radical (unpaired) electrons. The third-order valence-electron chi connectivity index (χ3n) is 6.67. The van der Waals surface area contributed by atoms with Crippen LogP contribution in [0.15, 0.2) is 82.6 Å². The molecule has 4 rings (SSSR count). The van der Waals surface area contributed by atoms with E-state index in [1.54, 1.807) is 36.4 Å². The highest BCUT2D eigenvalue weighted by atomic mass is 32.2. The lowest BCUT2D eigenvalue weighted by atomic mass is 10.2. The number of ether oxygens (including phenoxy) is 1. The Bertz CT molecular complexity index is 1500. The van der Waals surface area contributed by atoms with E-state index < -0.39 is 32.5 Å². The first-order valence-corrected chi connectivity index (χ1v) is 16.2. The normalized spacial score (nSPS) is 14.8. The lowest BCUT2D eigenvalue weighted by molar-refractivity contribution is -0.114. The van der Waals surface area contributed by atoms with Gasteiger partial charge in [-0.05, 0) is 87.4 Å². The lowest BCUT2D eigenvalue weighted by Gasteiger charge is -2.24. The van der Waals surface area contributed by atoms with Crippen molar-refractivity contribution >= 4 is 37.3 Å². The number of anilines is 2. The second-order valence-electron chi connectivity index (χ2n) is 9.64. The lowest BCUT2D eigenvalue weighted by Crippen LogP contribution is -2.38. The van der Waals surface area contributed by atoms with Gasteiger partial charge in [0.1, 0.15) is 12.3 Å². The summed E-state index contributed by atoms with van der Waals surface area (Å²) in [5.74, 6) is -0.0272. The molecule has 40 heavy (non-hydrogen) atoms. The zero-order chi connectivity index (χ0) is 28.8. The van der Waals surface area contributed by atoms with Crippen molar-refractivity contribution < 1.29 is 26.4 Å². The Balaban J connectivity index is 1.53. The third kappa shape index (κ3) is 7.01. The highest BCUT2D eigenvalue weighted by Gasteiger charge is 2.28. The summed E-state index contributed by atoms with van der Waals surface area (Å²) in [6, 6.07) is 18.8. The molecule has 0 atom stereocenters. The van der Waals surface area contributed by atoms with Gasteiger partial charge in [0.05, 0.1) is 22.1 Å². The maximum absolute atomic E-state index is 13.6. The number of rotatable bonds is 10. The van der Waals surface area contributed by atoms with Crippen LogP contribution >= 0.6 is 0 Å². The molecule has 1 N–H and O–H groups in total. The van der Waals surface area contributed by atoms with Crippen molar-refractivity contribution in [2.75, 3.05) is 35.9 Å². The summed E-state index contributed by atoms with van der Waals surface area (Å²) in [7, 11) is -7.72. The van der Waals surface area contributed by atoms with Crippen LogP contribution in [-0.4, -0.2) is 53.3 Å². The molecule has 1 heterocycles. The molecule has 1 amide bonds. The number of amides is 1. The fourth-order valence-corrected chi connectivity index (χ4v) is 7.44. The van der Waals surface area contributed by atoms with Gasteiger partial charge in [-0.25, -0.2) is 16.8 Å². The van der Waals surface area contributed by atoms with E-state index >= 15 is 0 Å². The maximum Gasteiger partial charge on any atom is 0.264 e. The highest BCUT2D eigenvalue weighted by Crippen LogP contribution is 2.26. The highest BCUT2D eigenvalue weighted by molar-refractivity contribution is 7.92. The van der Waals surface area contributed by atoms with E-state index in [9.17, 15) is 21.6 Å². The van der Waals surface area contributed by atoms with Crippen LogP contribution in [0.5, 0.6) is 5.75 Å². The zero-order valence-corrected chi connectivity index (χ0v) is 24.4. The van der Waals surface area contributed by atoms with Crippen LogP contribution < -0.4 is 14.4 Å². The van der Waals surface area contributed by atoms with Crippen LogP contribution in [0.4, 0.5) is 11.4 Å². The molecular formula is C29H35N3O6S2. The third-order valence-corrected chi connectivity index (χ3v) is 10.4. The summed E-state index contributed by atoms with van der Waals surface area (Å²) in [6.07, 6.45) is 3.71. The molecule has 0 saturated carbocycles. The molecule has 0 aromatic heterocycles. The van der Waals surface area contributed by atoms with Crippen molar-refractivity contribution in [3.05, 3.63) is 78.4 Å². The number of nitrogens with zero attached hydrogens (tertiary/aromatic N) is 2. The van der Waals surface area contributed by atoms with Crippen LogP contribution in [0.25, 0.3) is 0 Å². The van der Waals surface area contributed by atoms with Gasteiger partial charge in [0.15, 0.2) is 0 Å². The Hall–Kier alpha value is -3.41. The minimum Gasteiger partial charge on any atom is -0.494 e. The molecule has 1 aliphatic rings. The molecule has 0 spiro atoms. The largest absolute Gasteiger partial charge is 0.494 e. The molecule has 0 aliphatic carbocycles. The van der Waals surface area contributed by atoms with Gasteiger partial charge in [-0.3, -0.25) is 9.10 Å². The summed E-state index contributed by atoms with van der Waals surface area (Å²) >= 11 is 0. The van der Waals surface area contributed by atoms with Crippen LogP contribution in [0.3, 0.4) is 0 Å². The number of sulfonamides is 2. The van der Waals surface area contributed by atoms with Crippen molar-refractivity contribution in [2.45, 2.75) is 49.3 Å². The number of hydrogen-bond donors (Lipinski definition) is 1. The number of hydrogen-bond acceptors (Lipinski definition) is 6. The quantitative estimate of drug-likeness (QED) is 0.366. The van der Waals surface area contributed by atoms with Crippen molar-refractivity contribution in [1.82, 2.24) is 4.31 Å². The van der Waals surface area contributed by atoms with Crippen LogP contribution in [0.2, 0.25) is 0 Å². The molecule has 1 saturated heterocycles. The predicted octanol–water partition coefficient (Wildman–Crippen LogP) is 4.79. The number of aryl methyl sites for hydroxylation is 1. The molecule has 214 valence electrons.